The molecule has 4 aliphatic rings. The average Bonchev–Trinajstić information content (AvgIpc) is 3.02. The Morgan fingerprint density at radius 3 is 1.43 bits per heavy atom. The van der Waals surface area contributed by atoms with Crippen LogP contribution in [0.25, 0.3) is 11.4 Å². The third-order valence-electron chi connectivity index (χ3n) is 7.35. The molecule has 0 radical (unpaired) electrons. The molecule has 0 bridgehead atoms. The largest absolute Gasteiger partial charge is 0.417 e. The van der Waals surface area contributed by atoms with E-state index in [1.807, 2.05) is 0 Å². The van der Waals surface area contributed by atoms with Gasteiger partial charge in [0.25, 0.3) is 11.4 Å². The maximum Gasteiger partial charge on any atom is 0.417 e. The Labute approximate surface area is 163 Å². The fourth-order valence-corrected chi connectivity index (χ4v) is 6.61. The molecular weight excluding hydrogens is 340 g/mol. The van der Waals surface area contributed by atoms with Crippen LogP contribution in [0.4, 0.5) is 0 Å². The summed E-state index contributed by atoms with van der Waals surface area (Å²) >= 11 is 0. The fourth-order valence-electron chi connectivity index (χ4n) is 6.61. The van der Waals surface area contributed by atoms with Crippen molar-refractivity contribution < 1.29 is 9.13 Å². The molecule has 0 saturated heterocycles. The van der Waals surface area contributed by atoms with Crippen molar-refractivity contribution in [3.63, 3.8) is 0 Å². The fraction of sp³-hybridized carbons (Fsp3) is 0.154. The van der Waals surface area contributed by atoms with Gasteiger partial charge in [0.2, 0.25) is 0 Å². The molecule has 1 aliphatic carbocycles. The van der Waals surface area contributed by atoms with Crippen molar-refractivity contribution in [3.8, 4) is 11.4 Å². The number of rotatable bonds is 0. The van der Waals surface area contributed by atoms with Gasteiger partial charge in [-0.25, -0.2) is 0 Å². The molecule has 2 nitrogen and oxygen atoms in total. The van der Waals surface area contributed by atoms with Crippen LogP contribution in [-0.4, -0.2) is 0 Å². The summed E-state index contributed by atoms with van der Waals surface area (Å²) in [5.74, 6) is 0. The van der Waals surface area contributed by atoms with E-state index in [2.05, 4.69) is 81.9 Å². The molecule has 1 spiro atoms. The second-order valence-corrected chi connectivity index (χ2v) is 8.58. The molecule has 28 heavy (non-hydrogen) atoms. The monoisotopic (exact) mass is 358 g/mol. The van der Waals surface area contributed by atoms with Gasteiger partial charge in [-0.2, -0.15) is 0 Å². The lowest BCUT2D eigenvalue weighted by Gasteiger charge is -2.37. The standard InChI is InChI=1S/C26H18N2/c1-5-16-13-17-6-2-8-19-15-21-10-4-12-23-22-11-3-9-20-14-18(7-1)24(16)26(25(17)19,27(20)22)28(21)23/h1-12H,13-15H2/q+2. The lowest BCUT2D eigenvalue weighted by Crippen LogP contribution is -2.77. The van der Waals surface area contributed by atoms with Gasteiger partial charge in [0.1, 0.15) is 11.1 Å². The molecule has 2 aromatic heterocycles. The minimum atomic E-state index is -0.246. The average molecular weight is 358 g/mol. The molecular formula is C26H18N2+2. The molecule has 0 amide bonds. The number of nitrogens with zero attached hydrogens (tertiary/aromatic N) is 2. The van der Waals surface area contributed by atoms with Crippen molar-refractivity contribution in [1.82, 2.24) is 0 Å². The predicted octanol–water partition coefficient (Wildman–Crippen LogP) is 3.25. The van der Waals surface area contributed by atoms with Gasteiger partial charge in [-0.15, -0.1) is 9.13 Å². The summed E-state index contributed by atoms with van der Waals surface area (Å²) < 4.78 is 5.33. The Morgan fingerprint density at radius 2 is 0.929 bits per heavy atom. The third kappa shape index (κ3) is 1.25. The molecule has 2 aromatic carbocycles. The Balaban J connectivity index is 1.72. The van der Waals surface area contributed by atoms with Crippen molar-refractivity contribution in [2.24, 2.45) is 0 Å². The molecule has 4 aromatic rings. The molecule has 0 fully saturated rings. The number of hydrogen-bond acceptors (Lipinski definition) is 0. The SMILES string of the molecule is c1cc2c3c(c1)Cc1cccc4[n+]1C31c3c(cccc3Cc3cccc-4[n+]31)C2. The van der Waals surface area contributed by atoms with Crippen LogP contribution < -0.4 is 9.13 Å². The zero-order valence-electron chi connectivity index (χ0n) is 15.4. The number of hydrogen-bond donors (Lipinski definition) is 0. The summed E-state index contributed by atoms with van der Waals surface area (Å²) in [6.07, 6.45) is 3.07. The third-order valence-corrected chi connectivity index (χ3v) is 7.35. The van der Waals surface area contributed by atoms with Crippen LogP contribution in [0.3, 0.4) is 0 Å². The minimum Gasteiger partial charge on any atom is -0.117 e. The van der Waals surface area contributed by atoms with Gasteiger partial charge in [0, 0.05) is 24.3 Å². The van der Waals surface area contributed by atoms with E-state index in [1.54, 1.807) is 0 Å². The first-order valence-electron chi connectivity index (χ1n) is 10.2. The summed E-state index contributed by atoms with van der Waals surface area (Å²) in [5.41, 5.74) is 14.3. The summed E-state index contributed by atoms with van der Waals surface area (Å²) in [6, 6.07) is 27.7. The molecule has 8 rings (SSSR count). The topological polar surface area (TPSA) is 7.76 Å². The van der Waals surface area contributed by atoms with E-state index in [4.69, 9.17) is 0 Å². The van der Waals surface area contributed by atoms with E-state index >= 15 is 0 Å². The van der Waals surface area contributed by atoms with Crippen LogP contribution in [-0.2, 0) is 24.9 Å². The minimum absolute atomic E-state index is 0.246. The van der Waals surface area contributed by atoms with Gasteiger partial charge in [-0.3, -0.25) is 0 Å². The van der Waals surface area contributed by atoms with Crippen molar-refractivity contribution in [2.45, 2.75) is 24.9 Å². The van der Waals surface area contributed by atoms with Crippen LogP contribution in [0, 0.1) is 0 Å². The van der Waals surface area contributed by atoms with Crippen molar-refractivity contribution >= 4 is 0 Å². The van der Waals surface area contributed by atoms with Crippen LogP contribution in [0.5, 0.6) is 0 Å². The van der Waals surface area contributed by atoms with Crippen molar-refractivity contribution in [2.75, 3.05) is 0 Å². The molecule has 3 aliphatic heterocycles. The molecule has 0 saturated carbocycles. The predicted molar refractivity (Wildman–Crippen MR) is 105 cm³/mol. The smallest absolute Gasteiger partial charge is 0.117 e. The highest BCUT2D eigenvalue weighted by atomic mass is 15.3. The van der Waals surface area contributed by atoms with E-state index in [9.17, 15) is 0 Å². The van der Waals surface area contributed by atoms with E-state index in [0.717, 1.165) is 19.3 Å². The van der Waals surface area contributed by atoms with Gasteiger partial charge in [-0.1, -0.05) is 36.4 Å². The van der Waals surface area contributed by atoms with E-state index in [-0.39, 0.29) is 5.66 Å². The summed E-state index contributed by atoms with van der Waals surface area (Å²) in [5, 5.41) is 0. The Kier molecular flexibility index (Phi) is 2.10. The first-order chi connectivity index (χ1) is 13.9. The van der Waals surface area contributed by atoms with Crippen LogP contribution in [0.15, 0.2) is 72.8 Å². The first-order valence-corrected chi connectivity index (χ1v) is 10.2. The molecule has 130 valence electrons. The zero-order chi connectivity index (χ0) is 18.0. The summed E-state index contributed by atoms with van der Waals surface area (Å²) in [4.78, 5) is 0. The maximum absolute atomic E-state index is 2.66. The normalized spacial score (nSPS) is 17.1. The molecule has 0 atom stereocenters. The van der Waals surface area contributed by atoms with E-state index in [1.165, 1.54) is 56.2 Å². The summed E-state index contributed by atoms with van der Waals surface area (Å²) in [7, 11) is 0. The maximum atomic E-state index is 2.66. The second-order valence-electron chi connectivity index (χ2n) is 8.58. The highest BCUT2D eigenvalue weighted by Crippen LogP contribution is 2.49. The Hall–Kier alpha value is -3.26. The van der Waals surface area contributed by atoms with Crippen molar-refractivity contribution in [3.05, 3.63) is 118 Å². The lowest BCUT2D eigenvalue weighted by atomic mass is 9.69. The Bertz CT molecular complexity index is 1260. The Morgan fingerprint density at radius 1 is 0.500 bits per heavy atom. The van der Waals surface area contributed by atoms with E-state index < -0.39 is 0 Å². The molecule has 0 N–H and O–H groups in total. The van der Waals surface area contributed by atoms with Crippen LogP contribution in [0.2, 0.25) is 0 Å². The molecule has 5 heterocycles. The summed E-state index contributed by atoms with van der Waals surface area (Å²) in [6.45, 7) is 0. The number of benzene rings is 2. The first kappa shape index (κ1) is 13.8. The lowest BCUT2D eigenvalue weighted by molar-refractivity contribution is -0.946. The van der Waals surface area contributed by atoms with Gasteiger partial charge in [0.05, 0.1) is 12.8 Å². The van der Waals surface area contributed by atoms with Crippen LogP contribution in [0.1, 0.15) is 44.8 Å². The number of fused-ring (bicyclic) bond motifs is 1. The molecule has 2 heteroatoms. The number of pyridine rings is 2. The molecule has 0 unspecified atom stereocenters. The van der Waals surface area contributed by atoms with Crippen molar-refractivity contribution in [1.29, 1.82) is 0 Å². The second kappa shape index (κ2) is 4.25. The van der Waals surface area contributed by atoms with E-state index in [0.29, 0.717) is 0 Å². The quantitative estimate of drug-likeness (QED) is 0.368. The van der Waals surface area contributed by atoms with Gasteiger partial charge >= 0.3 is 5.66 Å². The van der Waals surface area contributed by atoms with Gasteiger partial charge in [-0.05, 0) is 40.8 Å². The van der Waals surface area contributed by atoms with Crippen LogP contribution >= 0.6 is 0 Å². The zero-order valence-corrected chi connectivity index (χ0v) is 15.4. The van der Waals surface area contributed by atoms with Gasteiger partial charge in [0.15, 0.2) is 11.4 Å². The number of aromatic nitrogens is 2. The highest BCUT2D eigenvalue weighted by molar-refractivity contribution is 5.62. The van der Waals surface area contributed by atoms with Gasteiger partial charge < -0.3 is 0 Å². The highest BCUT2D eigenvalue weighted by Gasteiger charge is 2.70.